The lowest BCUT2D eigenvalue weighted by Gasteiger charge is -2.22. The Morgan fingerprint density at radius 2 is 2.44 bits per heavy atom. The lowest BCUT2D eigenvalue weighted by Crippen LogP contribution is -2.46. The first-order valence-electron chi connectivity index (χ1n) is 5.52. The number of hydrogen-bond donors (Lipinski definition) is 2. The Hall–Kier alpha value is -1.22. The molecule has 0 bridgehead atoms. The zero-order chi connectivity index (χ0) is 13.0. The predicted octanol–water partition coefficient (Wildman–Crippen LogP) is 1.86. The fourth-order valence-electron chi connectivity index (χ4n) is 1.67. The molecule has 18 heavy (non-hydrogen) atoms. The van der Waals surface area contributed by atoms with Crippen LogP contribution in [-0.2, 0) is 4.79 Å². The Morgan fingerprint density at radius 3 is 3.11 bits per heavy atom. The van der Waals surface area contributed by atoms with Crippen LogP contribution in [0, 0.1) is 11.3 Å². The van der Waals surface area contributed by atoms with Crippen molar-refractivity contribution in [2.45, 2.75) is 6.04 Å². The zero-order valence-corrected chi connectivity index (χ0v) is 11.1. The Balaban J connectivity index is 2.11. The smallest absolute Gasteiger partial charge is 0.242 e. The molecule has 1 heterocycles. The molecule has 1 aromatic carbocycles. The van der Waals surface area contributed by atoms with Gasteiger partial charge in [-0.05, 0) is 18.2 Å². The fraction of sp³-hybridized carbons (Fsp3) is 0.333. The van der Waals surface area contributed by atoms with Crippen molar-refractivity contribution in [2.75, 3.05) is 23.4 Å². The molecule has 1 aromatic rings. The van der Waals surface area contributed by atoms with Gasteiger partial charge in [0.1, 0.15) is 6.07 Å². The van der Waals surface area contributed by atoms with Gasteiger partial charge in [-0.3, -0.25) is 4.79 Å². The lowest BCUT2D eigenvalue weighted by molar-refractivity contribution is -0.117. The van der Waals surface area contributed by atoms with Crippen molar-refractivity contribution >= 4 is 35.0 Å². The molecule has 1 aliphatic heterocycles. The number of hydrogen-bond acceptors (Lipinski definition) is 4. The van der Waals surface area contributed by atoms with Crippen LogP contribution in [0.25, 0.3) is 0 Å². The quantitative estimate of drug-likeness (QED) is 0.868. The summed E-state index contributed by atoms with van der Waals surface area (Å²) in [4.78, 5) is 12.0. The van der Waals surface area contributed by atoms with Gasteiger partial charge in [-0.15, -0.1) is 0 Å². The molecule has 2 rings (SSSR count). The third-order valence-electron chi connectivity index (χ3n) is 2.60. The summed E-state index contributed by atoms with van der Waals surface area (Å²) in [7, 11) is 0. The predicted molar refractivity (Wildman–Crippen MR) is 73.9 cm³/mol. The van der Waals surface area contributed by atoms with Gasteiger partial charge in [0.15, 0.2) is 0 Å². The maximum Gasteiger partial charge on any atom is 0.242 e. The molecule has 1 amide bonds. The van der Waals surface area contributed by atoms with E-state index < -0.39 is 0 Å². The van der Waals surface area contributed by atoms with Crippen molar-refractivity contribution in [3.8, 4) is 6.07 Å². The first-order chi connectivity index (χ1) is 8.70. The van der Waals surface area contributed by atoms with Gasteiger partial charge >= 0.3 is 0 Å². The van der Waals surface area contributed by atoms with E-state index in [2.05, 4.69) is 10.6 Å². The summed E-state index contributed by atoms with van der Waals surface area (Å²) in [6.07, 6.45) is 0. The summed E-state index contributed by atoms with van der Waals surface area (Å²) in [5, 5.41) is 15.4. The molecule has 4 nitrogen and oxygen atoms in total. The van der Waals surface area contributed by atoms with E-state index in [0.717, 1.165) is 18.1 Å². The van der Waals surface area contributed by atoms with E-state index in [0.29, 0.717) is 16.3 Å². The van der Waals surface area contributed by atoms with Crippen LogP contribution in [-0.4, -0.2) is 30.0 Å². The van der Waals surface area contributed by atoms with Gasteiger partial charge in [-0.25, -0.2) is 0 Å². The van der Waals surface area contributed by atoms with Crippen LogP contribution in [0.3, 0.4) is 0 Å². The van der Waals surface area contributed by atoms with Gasteiger partial charge in [0.05, 0.1) is 17.3 Å². The summed E-state index contributed by atoms with van der Waals surface area (Å²) in [6.45, 7) is 0.823. The van der Waals surface area contributed by atoms with Gasteiger partial charge in [-0.2, -0.15) is 17.0 Å². The molecule has 1 atom stereocenters. The maximum absolute atomic E-state index is 12.0. The summed E-state index contributed by atoms with van der Waals surface area (Å²) in [5.74, 6) is 1.64. The van der Waals surface area contributed by atoms with Gasteiger partial charge in [-0.1, -0.05) is 11.6 Å². The molecular weight excluding hydrogens is 270 g/mol. The summed E-state index contributed by atoms with van der Waals surface area (Å²) in [6, 6.07) is 6.64. The molecule has 94 valence electrons. The van der Waals surface area contributed by atoms with E-state index in [-0.39, 0.29) is 11.9 Å². The summed E-state index contributed by atoms with van der Waals surface area (Å²) < 4.78 is 0. The number of nitrogens with zero attached hydrogens (tertiary/aromatic N) is 1. The van der Waals surface area contributed by atoms with Crippen LogP contribution in [0.4, 0.5) is 5.69 Å². The summed E-state index contributed by atoms with van der Waals surface area (Å²) in [5.41, 5.74) is 0.878. The summed E-state index contributed by atoms with van der Waals surface area (Å²) >= 11 is 7.60. The highest BCUT2D eigenvalue weighted by atomic mass is 35.5. The van der Waals surface area contributed by atoms with Crippen LogP contribution in [0.15, 0.2) is 18.2 Å². The number of amides is 1. The number of rotatable bonds is 2. The van der Waals surface area contributed by atoms with E-state index in [4.69, 9.17) is 16.9 Å². The molecule has 1 unspecified atom stereocenters. The van der Waals surface area contributed by atoms with Crippen molar-refractivity contribution < 1.29 is 4.79 Å². The van der Waals surface area contributed by atoms with Crippen molar-refractivity contribution in [1.29, 1.82) is 5.26 Å². The Bertz CT molecular complexity index is 495. The Morgan fingerprint density at radius 1 is 1.61 bits per heavy atom. The number of anilines is 1. The van der Waals surface area contributed by atoms with Crippen molar-refractivity contribution in [3.05, 3.63) is 28.8 Å². The second-order valence-electron chi connectivity index (χ2n) is 3.87. The van der Waals surface area contributed by atoms with Gasteiger partial charge in [0.2, 0.25) is 5.91 Å². The molecule has 0 spiro atoms. The number of thioether (sulfide) groups is 1. The topological polar surface area (TPSA) is 64.9 Å². The fourth-order valence-corrected chi connectivity index (χ4v) is 2.78. The average molecular weight is 282 g/mol. The molecule has 2 N–H and O–H groups in total. The Kier molecular flexibility index (Phi) is 4.48. The van der Waals surface area contributed by atoms with E-state index in [1.165, 1.54) is 0 Å². The number of nitrogens with one attached hydrogen (secondary N) is 2. The van der Waals surface area contributed by atoms with E-state index in [9.17, 15) is 4.79 Å². The second-order valence-corrected chi connectivity index (χ2v) is 5.46. The standard InChI is InChI=1S/C12H12ClN3OS/c13-9-2-1-8(6-14)10(5-9)16-12(17)11-7-18-4-3-15-11/h1-2,5,11,15H,3-4,7H2,(H,16,17). The van der Waals surface area contributed by atoms with Crippen LogP contribution in [0.5, 0.6) is 0 Å². The SMILES string of the molecule is N#Cc1ccc(Cl)cc1NC(=O)C1CSCCN1. The molecule has 1 aliphatic rings. The maximum atomic E-state index is 12.0. The monoisotopic (exact) mass is 281 g/mol. The van der Waals surface area contributed by atoms with Crippen LogP contribution in [0.1, 0.15) is 5.56 Å². The highest BCUT2D eigenvalue weighted by molar-refractivity contribution is 7.99. The number of benzene rings is 1. The van der Waals surface area contributed by atoms with Crippen LogP contribution >= 0.6 is 23.4 Å². The molecule has 0 aromatic heterocycles. The second kappa shape index (κ2) is 6.10. The van der Waals surface area contributed by atoms with Gasteiger partial charge in [0.25, 0.3) is 0 Å². The molecule has 1 saturated heterocycles. The number of nitriles is 1. The number of halogens is 1. The molecule has 0 radical (unpaired) electrons. The minimum Gasteiger partial charge on any atom is -0.323 e. The highest BCUT2D eigenvalue weighted by Gasteiger charge is 2.21. The molecule has 0 aliphatic carbocycles. The zero-order valence-electron chi connectivity index (χ0n) is 9.57. The van der Waals surface area contributed by atoms with E-state index >= 15 is 0 Å². The van der Waals surface area contributed by atoms with Crippen LogP contribution in [0.2, 0.25) is 5.02 Å². The minimum absolute atomic E-state index is 0.124. The lowest BCUT2D eigenvalue weighted by atomic mass is 10.2. The molecule has 6 heteroatoms. The Labute approximate surface area is 115 Å². The normalized spacial score (nSPS) is 19.0. The van der Waals surface area contributed by atoms with Crippen LogP contribution < -0.4 is 10.6 Å². The van der Waals surface area contributed by atoms with Crippen molar-refractivity contribution in [2.24, 2.45) is 0 Å². The van der Waals surface area contributed by atoms with Gasteiger partial charge in [0, 0.05) is 23.1 Å². The molecule has 1 fully saturated rings. The molecular formula is C12H12ClN3OS. The van der Waals surface area contributed by atoms with Gasteiger partial charge < -0.3 is 10.6 Å². The highest BCUT2D eigenvalue weighted by Crippen LogP contribution is 2.21. The first kappa shape index (κ1) is 13.2. The average Bonchev–Trinajstić information content (AvgIpc) is 2.40. The largest absolute Gasteiger partial charge is 0.323 e. The molecule has 0 saturated carbocycles. The van der Waals surface area contributed by atoms with E-state index in [1.54, 1.807) is 30.0 Å². The van der Waals surface area contributed by atoms with Crippen molar-refractivity contribution in [3.63, 3.8) is 0 Å². The minimum atomic E-state index is -0.214. The number of carbonyl (C=O) groups is 1. The number of carbonyl (C=O) groups excluding carboxylic acids is 1. The third-order valence-corrected chi connectivity index (χ3v) is 3.90. The third kappa shape index (κ3) is 3.16. The van der Waals surface area contributed by atoms with E-state index in [1.807, 2.05) is 6.07 Å². The first-order valence-corrected chi connectivity index (χ1v) is 7.05. The van der Waals surface area contributed by atoms with Crippen molar-refractivity contribution in [1.82, 2.24) is 5.32 Å².